The molecule has 0 amide bonds. The summed E-state index contributed by atoms with van der Waals surface area (Å²) in [6.07, 6.45) is 2.18. The minimum absolute atomic E-state index is 0.194. The molecular weight excluding hydrogens is 270 g/mol. The molecule has 2 heterocycles. The van der Waals surface area contributed by atoms with Crippen LogP contribution in [0.3, 0.4) is 0 Å². The van der Waals surface area contributed by atoms with Crippen LogP contribution < -0.4 is 0 Å². The van der Waals surface area contributed by atoms with E-state index in [1.165, 1.54) is 7.11 Å². The number of ether oxygens (including phenoxy) is 1. The van der Waals surface area contributed by atoms with Crippen molar-refractivity contribution in [3.05, 3.63) is 35.9 Å². The van der Waals surface area contributed by atoms with Crippen LogP contribution in [0.5, 0.6) is 0 Å². The van der Waals surface area contributed by atoms with Gasteiger partial charge in [-0.3, -0.25) is 9.78 Å². The number of hydrogen-bond acceptors (Lipinski definition) is 6. The number of methoxy groups -OCH3 is 1. The molecule has 6 heteroatoms. The maximum absolute atomic E-state index is 11.2. The number of aryl methyl sites for hydroxylation is 1. The number of nitriles is 1. The molecule has 0 aliphatic carbocycles. The van der Waals surface area contributed by atoms with Gasteiger partial charge in [0.05, 0.1) is 25.2 Å². The number of hydrogen-bond donors (Lipinski definition) is 0. The highest BCUT2D eigenvalue weighted by Gasteiger charge is 2.14. The molecule has 104 valence electrons. The van der Waals surface area contributed by atoms with Crippen LogP contribution in [0.25, 0.3) is 22.0 Å². The summed E-state index contributed by atoms with van der Waals surface area (Å²) in [5.41, 5.74) is 2.20. The predicted octanol–water partition coefficient (Wildman–Crippen LogP) is 2.35. The molecule has 3 aromatic rings. The van der Waals surface area contributed by atoms with E-state index in [0.717, 1.165) is 5.39 Å². The normalized spacial score (nSPS) is 10.7. The van der Waals surface area contributed by atoms with E-state index in [2.05, 4.69) is 20.8 Å². The SMILES string of the molecule is COC(=O)CCc1nc2cc(C#N)c3cccnc3c2o1. The molecule has 0 radical (unpaired) electrons. The summed E-state index contributed by atoms with van der Waals surface area (Å²) < 4.78 is 10.3. The van der Waals surface area contributed by atoms with Gasteiger partial charge in [0.15, 0.2) is 11.5 Å². The second kappa shape index (κ2) is 5.21. The fraction of sp³-hybridized carbons (Fsp3) is 0.200. The number of fused-ring (bicyclic) bond motifs is 3. The standard InChI is InChI=1S/C15H11N3O3/c1-20-13(19)5-4-12-18-11-7-9(8-16)10-3-2-6-17-14(10)15(11)21-12/h2-3,6-7H,4-5H2,1H3. The molecule has 0 fully saturated rings. The van der Waals surface area contributed by atoms with Gasteiger partial charge in [-0.1, -0.05) is 0 Å². The Morgan fingerprint density at radius 3 is 3.14 bits per heavy atom. The van der Waals surface area contributed by atoms with E-state index < -0.39 is 0 Å². The van der Waals surface area contributed by atoms with Gasteiger partial charge in [-0.15, -0.1) is 0 Å². The Hall–Kier alpha value is -2.94. The van der Waals surface area contributed by atoms with Crippen LogP contribution in [0.2, 0.25) is 0 Å². The van der Waals surface area contributed by atoms with E-state index in [9.17, 15) is 10.1 Å². The van der Waals surface area contributed by atoms with E-state index in [1.807, 2.05) is 6.07 Å². The Kier molecular flexibility index (Phi) is 3.24. The summed E-state index contributed by atoms with van der Waals surface area (Å²) in [6.45, 7) is 0. The summed E-state index contributed by atoms with van der Waals surface area (Å²) in [4.78, 5) is 19.7. The van der Waals surface area contributed by atoms with Crippen LogP contribution in [0.15, 0.2) is 28.8 Å². The fourth-order valence-electron chi connectivity index (χ4n) is 2.17. The van der Waals surface area contributed by atoms with Gasteiger partial charge in [0.2, 0.25) is 0 Å². The van der Waals surface area contributed by atoms with Crippen molar-refractivity contribution < 1.29 is 13.9 Å². The van der Waals surface area contributed by atoms with Gasteiger partial charge >= 0.3 is 5.97 Å². The van der Waals surface area contributed by atoms with E-state index in [0.29, 0.717) is 34.5 Å². The van der Waals surface area contributed by atoms with E-state index in [1.54, 1.807) is 18.3 Å². The highest BCUT2D eigenvalue weighted by atomic mass is 16.5. The number of aromatic nitrogens is 2. The highest BCUT2D eigenvalue weighted by Crippen LogP contribution is 2.27. The molecule has 0 saturated heterocycles. The molecule has 0 unspecified atom stereocenters. The Morgan fingerprint density at radius 2 is 2.38 bits per heavy atom. The third-order valence-electron chi connectivity index (χ3n) is 3.18. The molecule has 0 N–H and O–H groups in total. The van der Waals surface area contributed by atoms with Gasteiger partial charge in [0.1, 0.15) is 11.0 Å². The van der Waals surface area contributed by atoms with E-state index in [-0.39, 0.29) is 12.4 Å². The van der Waals surface area contributed by atoms with Crippen molar-refractivity contribution >= 4 is 28.0 Å². The molecule has 0 bridgehead atoms. The lowest BCUT2D eigenvalue weighted by atomic mass is 10.1. The topological polar surface area (TPSA) is 89.0 Å². The van der Waals surface area contributed by atoms with Gasteiger partial charge < -0.3 is 9.15 Å². The average Bonchev–Trinajstić information content (AvgIpc) is 2.94. The lowest BCUT2D eigenvalue weighted by Crippen LogP contribution is -2.01. The molecule has 1 aromatic carbocycles. The van der Waals surface area contributed by atoms with Crippen molar-refractivity contribution in [3.8, 4) is 6.07 Å². The van der Waals surface area contributed by atoms with Crippen molar-refractivity contribution in [1.29, 1.82) is 5.26 Å². The first-order valence-corrected chi connectivity index (χ1v) is 6.37. The van der Waals surface area contributed by atoms with Crippen LogP contribution in [0, 0.1) is 11.3 Å². The lowest BCUT2D eigenvalue weighted by molar-refractivity contribution is -0.140. The van der Waals surface area contributed by atoms with Crippen molar-refractivity contribution in [2.75, 3.05) is 7.11 Å². The van der Waals surface area contributed by atoms with Crippen LogP contribution in [0.1, 0.15) is 17.9 Å². The molecule has 21 heavy (non-hydrogen) atoms. The molecule has 0 aliphatic rings. The molecule has 0 spiro atoms. The molecular formula is C15H11N3O3. The number of oxazole rings is 1. The summed E-state index contributed by atoms with van der Waals surface area (Å²) >= 11 is 0. The highest BCUT2D eigenvalue weighted by molar-refractivity contribution is 6.03. The predicted molar refractivity (Wildman–Crippen MR) is 74.4 cm³/mol. The molecule has 6 nitrogen and oxygen atoms in total. The summed E-state index contributed by atoms with van der Waals surface area (Å²) in [7, 11) is 1.34. The molecule has 0 atom stereocenters. The fourth-order valence-corrected chi connectivity index (χ4v) is 2.17. The zero-order chi connectivity index (χ0) is 14.8. The number of benzene rings is 1. The monoisotopic (exact) mass is 281 g/mol. The number of pyridine rings is 1. The van der Waals surface area contributed by atoms with Crippen LogP contribution in [-0.2, 0) is 16.0 Å². The maximum atomic E-state index is 11.2. The number of rotatable bonds is 3. The lowest BCUT2D eigenvalue weighted by Gasteiger charge is -1.98. The van der Waals surface area contributed by atoms with Gasteiger partial charge in [-0.05, 0) is 18.2 Å². The smallest absolute Gasteiger partial charge is 0.306 e. The van der Waals surface area contributed by atoms with Crippen molar-refractivity contribution in [3.63, 3.8) is 0 Å². The van der Waals surface area contributed by atoms with Crippen LogP contribution in [-0.4, -0.2) is 23.0 Å². The molecule has 2 aromatic heterocycles. The summed E-state index contributed by atoms with van der Waals surface area (Å²) in [5, 5.41) is 9.94. The summed E-state index contributed by atoms with van der Waals surface area (Å²) in [6, 6.07) is 7.39. The number of nitrogens with zero attached hydrogens (tertiary/aromatic N) is 3. The van der Waals surface area contributed by atoms with Crippen LogP contribution >= 0.6 is 0 Å². The maximum Gasteiger partial charge on any atom is 0.306 e. The van der Waals surface area contributed by atoms with Crippen molar-refractivity contribution in [2.45, 2.75) is 12.8 Å². The average molecular weight is 281 g/mol. The van der Waals surface area contributed by atoms with Gasteiger partial charge in [0.25, 0.3) is 0 Å². The van der Waals surface area contributed by atoms with Crippen molar-refractivity contribution in [2.24, 2.45) is 0 Å². The number of esters is 1. The quantitative estimate of drug-likeness (QED) is 0.684. The Bertz CT molecular complexity index is 877. The van der Waals surface area contributed by atoms with Gasteiger partial charge in [-0.2, -0.15) is 5.26 Å². The van der Waals surface area contributed by atoms with Gasteiger partial charge in [0, 0.05) is 18.0 Å². The van der Waals surface area contributed by atoms with Crippen LogP contribution in [0.4, 0.5) is 0 Å². The van der Waals surface area contributed by atoms with Crippen molar-refractivity contribution in [1.82, 2.24) is 9.97 Å². The third kappa shape index (κ3) is 2.30. The number of carbonyl (C=O) groups excluding carboxylic acids is 1. The first kappa shape index (κ1) is 13.1. The Labute approximate surface area is 120 Å². The number of carbonyl (C=O) groups is 1. The zero-order valence-corrected chi connectivity index (χ0v) is 11.3. The summed E-state index contributed by atoms with van der Waals surface area (Å²) in [5.74, 6) is 0.107. The second-order valence-electron chi connectivity index (χ2n) is 4.47. The first-order chi connectivity index (χ1) is 10.2. The van der Waals surface area contributed by atoms with E-state index >= 15 is 0 Å². The minimum Gasteiger partial charge on any atom is -0.469 e. The largest absolute Gasteiger partial charge is 0.469 e. The van der Waals surface area contributed by atoms with E-state index in [4.69, 9.17) is 4.42 Å². The first-order valence-electron chi connectivity index (χ1n) is 6.37. The molecule has 0 saturated carbocycles. The second-order valence-corrected chi connectivity index (χ2v) is 4.47. The minimum atomic E-state index is -0.321. The Balaban J connectivity index is 2.11. The Morgan fingerprint density at radius 1 is 1.52 bits per heavy atom. The third-order valence-corrected chi connectivity index (χ3v) is 3.18. The molecule has 3 rings (SSSR count). The molecule has 0 aliphatic heterocycles. The zero-order valence-electron chi connectivity index (χ0n) is 11.3. The van der Waals surface area contributed by atoms with Gasteiger partial charge in [-0.25, -0.2) is 4.98 Å².